The lowest BCUT2D eigenvalue weighted by Crippen LogP contribution is -2.30. The first-order chi connectivity index (χ1) is 10.2. The van der Waals surface area contributed by atoms with Gasteiger partial charge in [-0.2, -0.15) is 0 Å². The zero-order valence-corrected chi connectivity index (χ0v) is 12.0. The van der Waals surface area contributed by atoms with Gasteiger partial charge in [0.1, 0.15) is 5.76 Å². The summed E-state index contributed by atoms with van der Waals surface area (Å²) in [6, 6.07) is 13.1. The molecule has 110 valence electrons. The Bertz CT molecular complexity index is 575. The molecule has 4 nitrogen and oxygen atoms in total. The van der Waals surface area contributed by atoms with Crippen LogP contribution in [0.4, 0.5) is 0 Å². The van der Waals surface area contributed by atoms with Gasteiger partial charge >= 0.3 is 0 Å². The van der Waals surface area contributed by atoms with E-state index in [4.69, 9.17) is 4.42 Å². The minimum absolute atomic E-state index is 0.0269. The number of nitrogens with zero attached hydrogens (tertiary/aromatic N) is 1. The average Bonchev–Trinajstić information content (AvgIpc) is 3.04. The van der Waals surface area contributed by atoms with Crippen molar-refractivity contribution in [1.82, 2.24) is 4.90 Å². The predicted octanol–water partition coefficient (Wildman–Crippen LogP) is 2.87. The highest BCUT2D eigenvalue weighted by Gasteiger charge is 2.19. The first kappa shape index (κ1) is 15.1. The average molecular weight is 285 g/mol. The van der Waals surface area contributed by atoms with Crippen LogP contribution in [-0.2, 0) is 4.79 Å². The van der Waals surface area contributed by atoms with Crippen molar-refractivity contribution in [3.05, 3.63) is 66.1 Å². The number of likely N-dealkylation sites (N-methyl/N-ethyl adjacent to an activating group) is 1. The molecule has 0 spiro atoms. The maximum atomic E-state index is 12.2. The Balaban J connectivity index is 2.11. The summed E-state index contributed by atoms with van der Waals surface area (Å²) in [7, 11) is 1.74. The number of rotatable bonds is 6. The minimum Gasteiger partial charge on any atom is -0.465 e. The highest BCUT2D eigenvalue weighted by Crippen LogP contribution is 2.23. The van der Waals surface area contributed by atoms with Gasteiger partial charge in [-0.3, -0.25) is 4.79 Å². The lowest BCUT2D eigenvalue weighted by atomic mass is 10.0. The fourth-order valence-electron chi connectivity index (χ4n) is 2.19. The van der Waals surface area contributed by atoms with Crippen LogP contribution in [0, 0.1) is 0 Å². The number of aliphatic hydroxyl groups is 1. The molecule has 21 heavy (non-hydrogen) atoms. The van der Waals surface area contributed by atoms with Crippen LogP contribution in [-0.4, -0.2) is 29.6 Å². The fraction of sp³-hybridized carbons (Fsp3) is 0.235. The molecule has 0 aliphatic rings. The van der Waals surface area contributed by atoms with E-state index in [1.807, 2.05) is 30.3 Å². The largest absolute Gasteiger partial charge is 0.465 e. The van der Waals surface area contributed by atoms with Gasteiger partial charge in [-0.1, -0.05) is 30.3 Å². The van der Waals surface area contributed by atoms with Gasteiger partial charge in [-0.15, -0.1) is 0 Å². The highest BCUT2D eigenvalue weighted by atomic mass is 16.3. The number of hydrogen-bond acceptors (Lipinski definition) is 3. The summed E-state index contributed by atoms with van der Waals surface area (Å²) in [5.74, 6) is 0.504. The standard InChI is InChI=1S/C17H19NO3/c1-18(17(20)10-9-15-8-5-13-21-15)16(11-12-19)14-6-3-2-4-7-14/h2-10,13,16,19H,11-12H2,1H3/b10-9+. The van der Waals surface area contributed by atoms with E-state index in [2.05, 4.69) is 0 Å². The first-order valence-corrected chi connectivity index (χ1v) is 6.86. The molecule has 0 aliphatic carbocycles. The minimum atomic E-state index is -0.148. The molecule has 0 radical (unpaired) electrons. The molecule has 0 bridgehead atoms. The van der Waals surface area contributed by atoms with E-state index in [-0.39, 0.29) is 18.6 Å². The van der Waals surface area contributed by atoms with Gasteiger partial charge in [0.05, 0.1) is 12.3 Å². The molecule has 0 saturated heterocycles. The van der Waals surface area contributed by atoms with E-state index in [9.17, 15) is 9.90 Å². The van der Waals surface area contributed by atoms with Gasteiger partial charge in [-0.05, 0) is 30.2 Å². The van der Waals surface area contributed by atoms with Crippen LogP contribution in [0.25, 0.3) is 6.08 Å². The van der Waals surface area contributed by atoms with Crippen molar-refractivity contribution in [2.24, 2.45) is 0 Å². The van der Waals surface area contributed by atoms with Crippen molar-refractivity contribution < 1.29 is 14.3 Å². The molecular formula is C17H19NO3. The second-order valence-electron chi connectivity index (χ2n) is 4.74. The molecule has 1 atom stereocenters. The molecule has 1 unspecified atom stereocenters. The summed E-state index contributed by atoms with van der Waals surface area (Å²) >= 11 is 0. The van der Waals surface area contributed by atoms with Crippen LogP contribution >= 0.6 is 0 Å². The molecule has 1 N–H and O–H groups in total. The number of benzene rings is 1. The van der Waals surface area contributed by atoms with Gasteiger partial charge in [0.2, 0.25) is 5.91 Å². The number of aliphatic hydroxyl groups excluding tert-OH is 1. The molecule has 0 fully saturated rings. The Morgan fingerprint density at radius 2 is 2.05 bits per heavy atom. The molecule has 0 saturated carbocycles. The van der Waals surface area contributed by atoms with Crippen LogP contribution in [0.5, 0.6) is 0 Å². The Hall–Kier alpha value is -2.33. The molecule has 1 heterocycles. The summed E-state index contributed by atoms with van der Waals surface area (Å²) < 4.78 is 5.16. The van der Waals surface area contributed by atoms with Crippen LogP contribution in [0.3, 0.4) is 0 Å². The monoisotopic (exact) mass is 285 g/mol. The summed E-state index contributed by atoms with van der Waals surface area (Å²) in [5, 5.41) is 9.24. The van der Waals surface area contributed by atoms with Crippen molar-refractivity contribution in [3.63, 3.8) is 0 Å². The topological polar surface area (TPSA) is 53.7 Å². The molecule has 0 aliphatic heterocycles. The Labute approximate surface area is 124 Å². The number of carbonyl (C=O) groups is 1. The Morgan fingerprint density at radius 3 is 2.67 bits per heavy atom. The maximum Gasteiger partial charge on any atom is 0.246 e. The summed E-state index contributed by atoms with van der Waals surface area (Å²) in [5.41, 5.74) is 1.01. The van der Waals surface area contributed by atoms with Gasteiger partial charge in [0.15, 0.2) is 0 Å². The molecule has 1 aromatic heterocycles. The number of furan rings is 1. The van der Waals surface area contributed by atoms with E-state index < -0.39 is 0 Å². The number of carbonyl (C=O) groups excluding carboxylic acids is 1. The van der Waals surface area contributed by atoms with Crippen LogP contribution in [0.2, 0.25) is 0 Å². The second kappa shape index (κ2) is 7.45. The fourth-order valence-corrected chi connectivity index (χ4v) is 2.19. The van der Waals surface area contributed by atoms with Crippen molar-refractivity contribution in [1.29, 1.82) is 0 Å². The summed E-state index contributed by atoms with van der Waals surface area (Å²) in [6.45, 7) is 0.0269. The smallest absolute Gasteiger partial charge is 0.246 e. The maximum absolute atomic E-state index is 12.2. The SMILES string of the molecule is CN(C(=O)/C=C/c1ccco1)C(CCO)c1ccccc1. The molecule has 1 aromatic carbocycles. The van der Waals surface area contributed by atoms with Gasteiger partial charge < -0.3 is 14.4 Å². The Morgan fingerprint density at radius 1 is 1.29 bits per heavy atom. The van der Waals surface area contributed by atoms with Crippen LogP contribution < -0.4 is 0 Å². The number of amides is 1. The van der Waals surface area contributed by atoms with Crippen molar-refractivity contribution in [3.8, 4) is 0 Å². The third-order valence-electron chi connectivity index (χ3n) is 3.34. The van der Waals surface area contributed by atoms with Crippen LogP contribution in [0.15, 0.2) is 59.2 Å². The predicted molar refractivity (Wildman–Crippen MR) is 81.4 cm³/mol. The molecular weight excluding hydrogens is 266 g/mol. The third kappa shape index (κ3) is 4.07. The number of hydrogen-bond donors (Lipinski definition) is 1. The second-order valence-corrected chi connectivity index (χ2v) is 4.74. The lowest BCUT2D eigenvalue weighted by molar-refractivity contribution is -0.127. The molecule has 2 aromatic rings. The van der Waals surface area contributed by atoms with E-state index in [1.54, 1.807) is 36.4 Å². The molecule has 2 rings (SSSR count). The zero-order valence-electron chi connectivity index (χ0n) is 12.0. The van der Waals surface area contributed by atoms with E-state index in [0.717, 1.165) is 5.56 Å². The third-order valence-corrected chi connectivity index (χ3v) is 3.34. The van der Waals surface area contributed by atoms with Crippen molar-refractivity contribution in [2.45, 2.75) is 12.5 Å². The van der Waals surface area contributed by atoms with Gasteiger partial charge in [-0.25, -0.2) is 0 Å². The van der Waals surface area contributed by atoms with Crippen molar-refractivity contribution >= 4 is 12.0 Å². The highest BCUT2D eigenvalue weighted by molar-refractivity contribution is 5.91. The van der Waals surface area contributed by atoms with E-state index >= 15 is 0 Å². The normalized spacial score (nSPS) is 12.5. The van der Waals surface area contributed by atoms with Crippen LogP contribution in [0.1, 0.15) is 23.8 Å². The quantitative estimate of drug-likeness (QED) is 0.830. The van der Waals surface area contributed by atoms with E-state index in [0.29, 0.717) is 12.2 Å². The van der Waals surface area contributed by atoms with Crippen molar-refractivity contribution in [2.75, 3.05) is 13.7 Å². The zero-order chi connectivity index (χ0) is 15.1. The van der Waals surface area contributed by atoms with E-state index in [1.165, 1.54) is 6.08 Å². The first-order valence-electron chi connectivity index (χ1n) is 6.86. The summed E-state index contributed by atoms with van der Waals surface area (Å²) in [6.07, 6.45) is 5.18. The molecule has 4 heteroatoms. The lowest BCUT2D eigenvalue weighted by Gasteiger charge is -2.27. The summed E-state index contributed by atoms with van der Waals surface area (Å²) in [4.78, 5) is 13.9. The Kier molecular flexibility index (Phi) is 5.35. The van der Waals surface area contributed by atoms with Gasteiger partial charge in [0, 0.05) is 19.7 Å². The van der Waals surface area contributed by atoms with Gasteiger partial charge in [0.25, 0.3) is 0 Å². The molecule has 1 amide bonds.